The van der Waals surface area contributed by atoms with Crippen molar-refractivity contribution in [3.63, 3.8) is 0 Å². The third-order valence-corrected chi connectivity index (χ3v) is 1.31. The van der Waals surface area contributed by atoms with Crippen LogP contribution >= 0.6 is 0 Å². The van der Waals surface area contributed by atoms with Gasteiger partial charge in [-0.25, -0.2) is 0 Å². The van der Waals surface area contributed by atoms with E-state index in [0.29, 0.717) is 0 Å². The fourth-order valence-electron chi connectivity index (χ4n) is 0.952. The molecule has 1 heteroatoms. The predicted molar refractivity (Wildman–Crippen MR) is 37.8 cm³/mol. The van der Waals surface area contributed by atoms with Crippen LogP contribution in [0.1, 0.15) is 13.8 Å². The van der Waals surface area contributed by atoms with Crippen molar-refractivity contribution >= 4 is 0 Å². The zero-order chi connectivity index (χ0) is 6.91. The summed E-state index contributed by atoms with van der Waals surface area (Å²) in [5.41, 5.74) is 0.390. The average Bonchev–Trinajstić information content (AvgIpc) is 1.60. The highest BCUT2D eigenvalue weighted by Gasteiger charge is 2.17. The summed E-state index contributed by atoms with van der Waals surface area (Å²) in [6.07, 6.45) is 7.43. The van der Waals surface area contributed by atoms with Gasteiger partial charge in [-0.3, -0.25) is 0 Å². The second kappa shape index (κ2) is 1.99. The van der Waals surface area contributed by atoms with Crippen molar-refractivity contribution in [1.82, 2.24) is 0 Å². The SMILES string of the molecule is CC1=CC(C)(O)[CH]C=C1. The molecular weight excluding hydrogens is 112 g/mol. The molecule has 1 N–H and O–H groups in total. The summed E-state index contributed by atoms with van der Waals surface area (Å²) in [4.78, 5) is 0. The number of hydrogen-bond acceptors (Lipinski definition) is 1. The molecule has 1 unspecified atom stereocenters. The molecule has 0 aromatic carbocycles. The van der Waals surface area contributed by atoms with Crippen molar-refractivity contribution in [3.8, 4) is 0 Å². The van der Waals surface area contributed by atoms with Crippen molar-refractivity contribution in [2.75, 3.05) is 0 Å². The smallest absolute Gasteiger partial charge is 0.0874 e. The first-order valence-electron chi connectivity index (χ1n) is 3.04. The second-order valence-electron chi connectivity index (χ2n) is 2.64. The molecule has 0 saturated heterocycles. The minimum atomic E-state index is -0.723. The fourth-order valence-corrected chi connectivity index (χ4v) is 0.952. The Morgan fingerprint density at radius 3 is 2.56 bits per heavy atom. The summed E-state index contributed by atoms with van der Waals surface area (Å²) in [5, 5.41) is 9.36. The average molecular weight is 123 g/mol. The van der Waals surface area contributed by atoms with Crippen molar-refractivity contribution < 1.29 is 5.11 Å². The molecule has 0 spiro atoms. The van der Waals surface area contributed by atoms with Gasteiger partial charge < -0.3 is 5.11 Å². The zero-order valence-electron chi connectivity index (χ0n) is 5.76. The quantitative estimate of drug-likeness (QED) is 0.517. The van der Waals surface area contributed by atoms with Gasteiger partial charge in [-0.15, -0.1) is 0 Å². The molecule has 1 nitrogen and oxygen atoms in total. The standard InChI is InChI=1S/C8H11O/c1-7-4-3-5-8(2,9)6-7/h3-6,9H,1-2H3. The summed E-state index contributed by atoms with van der Waals surface area (Å²) in [5.74, 6) is 0. The van der Waals surface area contributed by atoms with E-state index in [9.17, 15) is 5.11 Å². The molecule has 1 radical (unpaired) electrons. The molecule has 0 saturated carbocycles. The Hall–Kier alpha value is -0.560. The molecule has 1 rings (SSSR count). The van der Waals surface area contributed by atoms with Crippen LogP contribution < -0.4 is 0 Å². The first kappa shape index (κ1) is 6.56. The Labute approximate surface area is 55.7 Å². The lowest BCUT2D eigenvalue weighted by molar-refractivity contribution is 0.149. The largest absolute Gasteiger partial charge is 0.385 e. The normalized spacial score (nSPS) is 34.3. The molecule has 0 aromatic rings. The first-order valence-corrected chi connectivity index (χ1v) is 3.04. The molecule has 0 heterocycles. The summed E-state index contributed by atoms with van der Waals surface area (Å²) in [6, 6.07) is 0. The first-order chi connectivity index (χ1) is 4.10. The molecule has 1 atom stereocenters. The van der Waals surface area contributed by atoms with Gasteiger partial charge in [0.2, 0.25) is 0 Å². The Balaban J connectivity index is 2.78. The molecule has 9 heavy (non-hydrogen) atoms. The van der Waals surface area contributed by atoms with Gasteiger partial charge in [-0.05, 0) is 19.9 Å². The summed E-state index contributed by atoms with van der Waals surface area (Å²) in [7, 11) is 0. The maximum atomic E-state index is 9.36. The Morgan fingerprint density at radius 1 is 1.56 bits per heavy atom. The van der Waals surface area contributed by atoms with Crippen LogP contribution in [0, 0.1) is 6.42 Å². The molecule has 0 bridgehead atoms. The molecule has 0 aliphatic heterocycles. The molecule has 0 fully saturated rings. The number of hydrogen-bond donors (Lipinski definition) is 1. The van der Waals surface area contributed by atoms with E-state index in [1.165, 1.54) is 0 Å². The number of allylic oxidation sites excluding steroid dienone is 2. The van der Waals surface area contributed by atoms with Crippen molar-refractivity contribution in [2.45, 2.75) is 19.4 Å². The lowest BCUT2D eigenvalue weighted by Crippen LogP contribution is -2.22. The molecule has 0 aromatic heterocycles. The second-order valence-corrected chi connectivity index (χ2v) is 2.64. The van der Waals surface area contributed by atoms with E-state index >= 15 is 0 Å². The molecule has 1 aliphatic rings. The Bertz CT molecular complexity index is 163. The van der Waals surface area contributed by atoms with Crippen LogP contribution in [0.25, 0.3) is 0 Å². The topological polar surface area (TPSA) is 20.2 Å². The monoisotopic (exact) mass is 123 g/mol. The highest BCUT2D eigenvalue weighted by molar-refractivity contribution is 5.31. The van der Waals surface area contributed by atoms with Gasteiger partial charge in [0.15, 0.2) is 0 Å². The van der Waals surface area contributed by atoms with Crippen LogP contribution in [-0.2, 0) is 0 Å². The molecule has 49 valence electrons. The third kappa shape index (κ3) is 1.68. The van der Waals surface area contributed by atoms with Gasteiger partial charge in [0, 0.05) is 6.42 Å². The van der Waals surface area contributed by atoms with Gasteiger partial charge in [0.25, 0.3) is 0 Å². The Kier molecular flexibility index (Phi) is 1.45. The minimum absolute atomic E-state index is 0.723. The van der Waals surface area contributed by atoms with Crippen molar-refractivity contribution in [2.24, 2.45) is 0 Å². The fraction of sp³-hybridized carbons (Fsp3) is 0.375. The highest BCUT2D eigenvalue weighted by Crippen LogP contribution is 2.18. The van der Waals surface area contributed by atoms with E-state index in [2.05, 4.69) is 0 Å². The van der Waals surface area contributed by atoms with Gasteiger partial charge in [-0.1, -0.05) is 17.7 Å². The maximum Gasteiger partial charge on any atom is 0.0874 e. The zero-order valence-corrected chi connectivity index (χ0v) is 5.76. The van der Waals surface area contributed by atoms with Gasteiger partial charge >= 0.3 is 0 Å². The van der Waals surface area contributed by atoms with Crippen LogP contribution in [0.5, 0.6) is 0 Å². The molecule has 0 amide bonds. The molecular formula is C8H11O. The van der Waals surface area contributed by atoms with Crippen LogP contribution in [0.3, 0.4) is 0 Å². The van der Waals surface area contributed by atoms with Crippen LogP contribution in [-0.4, -0.2) is 10.7 Å². The van der Waals surface area contributed by atoms with E-state index in [1.54, 1.807) is 13.3 Å². The summed E-state index contributed by atoms with van der Waals surface area (Å²) >= 11 is 0. The van der Waals surface area contributed by atoms with Crippen molar-refractivity contribution in [3.05, 3.63) is 30.2 Å². The van der Waals surface area contributed by atoms with Crippen LogP contribution in [0.2, 0.25) is 0 Å². The van der Waals surface area contributed by atoms with E-state index in [1.807, 2.05) is 25.2 Å². The lowest BCUT2D eigenvalue weighted by atomic mass is 9.94. The minimum Gasteiger partial charge on any atom is -0.385 e. The maximum absolute atomic E-state index is 9.36. The van der Waals surface area contributed by atoms with E-state index in [4.69, 9.17) is 0 Å². The van der Waals surface area contributed by atoms with Gasteiger partial charge in [0.05, 0.1) is 5.60 Å². The van der Waals surface area contributed by atoms with Crippen LogP contribution in [0.15, 0.2) is 23.8 Å². The summed E-state index contributed by atoms with van der Waals surface area (Å²) < 4.78 is 0. The van der Waals surface area contributed by atoms with E-state index in [0.717, 1.165) is 5.57 Å². The van der Waals surface area contributed by atoms with Crippen LogP contribution in [0.4, 0.5) is 0 Å². The van der Waals surface area contributed by atoms with E-state index < -0.39 is 5.60 Å². The molecule has 1 aliphatic carbocycles. The number of rotatable bonds is 0. The van der Waals surface area contributed by atoms with Gasteiger partial charge in [-0.2, -0.15) is 0 Å². The van der Waals surface area contributed by atoms with E-state index in [-0.39, 0.29) is 0 Å². The lowest BCUT2D eigenvalue weighted by Gasteiger charge is -2.19. The Morgan fingerprint density at radius 2 is 2.22 bits per heavy atom. The highest BCUT2D eigenvalue weighted by atomic mass is 16.3. The third-order valence-electron chi connectivity index (χ3n) is 1.31. The predicted octanol–water partition coefficient (Wildman–Crippen LogP) is 1.46. The number of aliphatic hydroxyl groups is 1. The van der Waals surface area contributed by atoms with Crippen molar-refractivity contribution in [1.29, 1.82) is 0 Å². The van der Waals surface area contributed by atoms with Gasteiger partial charge in [0.1, 0.15) is 0 Å². The summed E-state index contributed by atoms with van der Waals surface area (Å²) in [6.45, 7) is 3.73.